The van der Waals surface area contributed by atoms with E-state index in [4.69, 9.17) is 14.2 Å². The molecular weight excluding hydrogens is 282 g/mol. The quantitative estimate of drug-likeness (QED) is 0.629. The summed E-state index contributed by atoms with van der Waals surface area (Å²) in [7, 11) is 0. The van der Waals surface area contributed by atoms with Gasteiger partial charge in [-0.15, -0.1) is 0 Å². The lowest BCUT2D eigenvalue weighted by Gasteiger charge is -2.21. The van der Waals surface area contributed by atoms with Gasteiger partial charge in [0.2, 0.25) is 12.7 Å². The largest absolute Gasteiger partial charge is 0.511 e. The number of para-hydroxylation sites is 1. The average molecular weight is 301 g/mol. The predicted molar refractivity (Wildman–Crippen MR) is 81.7 cm³/mol. The summed E-state index contributed by atoms with van der Waals surface area (Å²) in [4.78, 5) is 15.9. The van der Waals surface area contributed by atoms with Gasteiger partial charge in [0.25, 0.3) is 0 Å². The smallest absolute Gasteiger partial charge is 0.440 e. The van der Waals surface area contributed by atoms with Crippen molar-refractivity contribution in [3.8, 4) is 5.88 Å². The van der Waals surface area contributed by atoms with Crippen molar-refractivity contribution in [1.29, 1.82) is 0 Å². The fraction of sp³-hybridized carbons (Fsp3) is 0.412. The summed E-state index contributed by atoms with van der Waals surface area (Å²) < 4.78 is 15.5. The number of ether oxygens (including phenoxy) is 3. The molecule has 0 atom stereocenters. The maximum atomic E-state index is 11.6. The maximum absolute atomic E-state index is 11.6. The Balaban J connectivity index is 1.46. The third kappa shape index (κ3) is 3.87. The molecular formula is C17H19NO4. The van der Waals surface area contributed by atoms with Gasteiger partial charge < -0.3 is 14.2 Å². The number of pyridine rings is 1. The Labute approximate surface area is 129 Å². The van der Waals surface area contributed by atoms with E-state index < -0.39 is 6.16 Å². The molecule has 1 fully saturated rings. The molecule has 22 heavy (non-hydrogen) atoms. The maximum Gasteiger partial charge on any atom is 0.511 e. The Kier molecular flexibility index (Phi) is 4.73. The van der Waals surface area contributed by atoms with Crippen molar-refractivity contribution in [1.82, 2.24) is 4.98 Å². The van der Waals surface area contributed by atoms with Gasteiger partial charge in [-0.2, -0.15) is 0 Å². The monoisotopic (exact) mass is 301 g/mol. The molecule has 1 aromatic carbocycles. The minimum atomic E-state index is -0.673. The van der Waals surface area contributed by atoms with Crippen LogP contribution < -0.4 is 4.74 Å². The first-order valence-corrected chi connectivity index (χ1v) is 7.63. The molecule has 1 saturated carbocycles. The first kappa shape index (κ1) is 14.6. The lowest BCUT2D eigenvalue weighted by atomic mass is 9.98. The summed E-state index contributed by atoms with van der Waals surface area (Å²) in [5.41, 5.74) is 0.838. The lowest BCUT2D eigenvalue weighted by molar-refractivity contribution is -0.0234. The lowest BCUT2D eigenvalue weighted by Crippen LogP contribution is -2.22. The number of rotatable bonds is 4. The van der Waals surface area contributed by atoms with Crippen LogP contribution in [-0.4, -0.2) is 24.0 Å². The second kappa shape index (κ2) is 7.11. The van der Waals surface area contributed by atoms with Gasteiger partial charge in [0.1, 0.15) is 6.10 Å². The van der Waals surface area contributed by atoms with Crippen molar-refractivity contribution < 1.29 is 19.0 Å². The van der Waals surface area contributed by atoms with E-state index in [1.807, 2.05) is 30.3 Å². The van der Waals surface area contributed by atoms with Crippen LogP contribution in [0.3, 0.4) is 0 Å². The third-order valence-corrected chi connectivity index (χ3v) is 3.77. The molecule has 1 aromatic heterocycles. The summed E-state index contributed by atoms with van der Waals surface area (Å²) in [5, 5.41) is 1.03. The minimum absolute atomic E-state index is 0.0138. The Morgan fingerprint density at radius 3 is 2.77 bits per heavy atom. The molecule has 0 bridgehead atoms. The minimum Gasteiger partial charge on any atom is -0.440 e. The van der Waals surface area contributed by atoms with E-state index in [0.717, 1.165) is 36.6 Å². The molecule has 3 rings (SSSR count). The predicted octanol–water partition coefficient (Wildman–Crippen LogP) is 4.06. The Hall–Kier alpha value is -2.30. The molecule has 0 aliphatic heterocycles. The van der Waals surface area contributed by atoms with Crippen molar-refractivity contribution in [3.63, 3.8) is 0 Å². The van der Waals surface area contributed by atoms with E-state index in [2.05, 4.69) is 4.98 Å². The number of hydrogen-bond donors (Lipinski definition) is 0. The van der Waals surface area contributed by atoms with E-state index >= 15 is 0 Å². The van der Waals surface area contributed by atoms with Gasteiger partial charge in [-0.25, -0.2) is 9.78 Å². The van der Waals surface area contributed by atoms with Crippen molar-refractivity contribution >= 4 is 17.1 Å². The fourth-order valence-electron chi connectivity index (χ4n) is 2.62. The number of fused-ring (bicyclic) bond motifs is 1. The first-order valence-electron chi connectivity index (χ1n) is 7.63. The van der Waals surface area contributed by atoms with Gasteiger partial charge in [-0.3, -0.25) is 0 Å². The molecule has 0 amide bonds. The molecule has 5 nitrogen and oxygen atoms in total. The van der Waals surface area contributed by atoms with Gasteiger partial charge >= 0.3 is 6.16 Å². The standard InChI is InChI=1S/C17H19NO4/c19-17(22-14-7-2-1-3-8-14)21-12-20-16-11-10-13-6-4-5-9-15(13)18-16/h4-6,9-11,14H,1-3,7-8,12H2. The second-order valence-electron chi connectivity index (χ2n) is 5.38. The number of aromatic nitrogens is 1. The molecule has 0 radical (unpaired) electrons. The SMILES string of the molecule is O=C(OCOc1ccc2ccccc2n1)OC1CCCCC1. The highest BCUT2D eigenvalue weighted by Crippen LogP contribution is 2.20. The van der Waals surface area contributed by atoms with Crippen molar-refractivity contribution in [2.24, 2.45) is 0 Å². The zero-order valence-electron chi connectivity index (χ0n) is 12.4. The Bertz CT molecular complexity index is 637. The van der Waals surface area contributed by atoms with Crippen LogP contribution in [0, 0.1) is 0 Å². The van der Waals surface area contributed by atoms with Gasteiger partial charge in [-0.05, 0) is 37.8 Å². The van der Waals surface area contributed by atoms with Crippen LogP contribution in [0.25, 0.3) is 10.9 Å². The number of hydrogen-bond acceptors (Lipinski definition) is 5. The molecule has 1 heterocycles. The van der Waals surface area contributed by atoms with Crippen LogP contribution in [0.4, 0.5) is 4.79 Å². The molecule has 0 unspecified atom stereocenters. The first-order chi connectivity index (χ1) is 10.8. The van der Waals surface area contributed by atoms with E-state index in [1.165, 1.54) is 6.42 Å². The van der Waals surface area contributed by atoms with Crippen LogP contribution in [0.5, 0.6) is 5.88 Å². The molecule has 5 heteroatoms. The normalized spacial score (nSPS) is 15.5. The van der Waals surface area contributed by atoms with Crippen molar-refractivity contribution in [2.75, 3.05) is 6.79 Å². The van der Waals surface area contributed by atoms with Gasteiger partial charge in [0, 0.05) is 11.5 Å². The van der Waals surface area contributed by atoms with Crippen LogP contribution in [0.15, 0.2) is 36.4 Å². The van der Waals surface area contributed by atoms with Crippen LogP contribution in [0.2, 0.25) is 0 Å². The summed E-state index contributed by atoms with van der Waals surface area (Å²) in [6, 6.07) is 11.4. The van der Waals surface area contributed by atoms with E-state index in [-0.39, 0.29) is 12.9 Å². The summed E-state index contributed by atoms with van der Waals surface area (Å²) in [6.45, 7) is -0.198. The van der Waals surface area contributed by atoms with Crippen LogP contribution >= 0.6 is 0 Å². The summed E-state index contributed by atoms with van der Waals surface area (Å²) in [6.07, 6.45) is 4.58. The highest BCUT2D eigenvalue weighted by Gasteiger charge is 2.18. The molecule has 2 aromatic rings. The highest BCUT2D eigenvalue weighted by atomic mass is 16.8. The van der Waals surface area contributed by atoms with E-state index in [0.29, 0.717) is 5.88 Å². The molecule has 1 aliphatic carbocycles. The van der Waals surface area contributed by atoms with Crippen LogP contribution in [-0.2, 0) is 9.47 Å². The number of nitrogens with zero attached hydrogens (tertiary/aromatic N) is 1. The third-order valence-electron chi connectivity index (χ3n) is 3.77. The zero-order chi connectivity index (χ0) is 15.2. The number of carbonyl (C=O) groups is 1. The summed E-state index contributed by atoms with van der Waals surface area (Å²) >= 11 is 0. The van der Waals surface area contributed by atoms with Gasteiger partial charge in [0.05, 0.1) is 5.52 Å². The molecule has 0 spiro atoms. The summed E-state index contributed by atoms with van der Waals surface area (Å²) in [5.74, 6) is 0.421. The molecule has 116 valence electrons. The zero-order valence-corrected chi connectivity index (χ0v) is 12.4. The second-order valence-corrected chi connectivity index (χ2v) is 5.38. The number of carbonyl (C=O) groups excluding carboxylic acids is 1. The highest BCUT2D eigenvalue weighted by molar-refractivity contribution is 5.78. The van der Waals surface area contributed by atoms with E-state index in [9.17, 15) is 4.79 Å². The topological polar surface area (TPSA) is 57.7 Å². The van der Waals surface area contributed by atoms with Crippen molar-refractivity contribution in [2.45, 2.75) is 38.2 Å². The van der Waals surface area contributed by atoms with E-state index in [1.54, 1.807) is 6.07 Å². The average Bonchev–Trinajstić information content (AvgIpc) is 2.55. The van der Waals surface area contributed by atoms with Gasteiger partial charge in [0.15, 0.2) is 0 Å². The Morgan fingerprint density at radius 2 is 1.91 bits per heavy atom. The van der Waals surface area contributed by atoms with Crippen molar-refractivity contribution in [3.05, 3.63) is 36.4 Å². The Morgan fingerprint density at radius 1 is 1.09 bits per heavy atom. The molecule has 0 N–H and O–H groups in total. The van der Waals surface area contributed by atoms with Crippen LogP contribution in [0.1, 0.15) is 32.1 Å². The molecule has 1 aliphatic rings. The molecule has 0 saturated heterocycles. The fourth-order valence-corrected chi connectivity index (χ4v) is 2.62. The van der Waals surface area contributed by atoms with Gasteiger partial charge in [-0.1, -0.05) is 24.6 Å². The number of benzene rings is 1.